The first-order valence-corrected chi connectivity index (χ1v) is 4.82. The molecule has 0 bridgehead atoms. The summed E-state index contributed by atoms with van der Waals surface area (Å²) in [6, 6.07) is 9.83. The standard InChI is InChI=1S/C10H9NO.C2H6/c1-11-9(7-12)6-8-4-2-3-5-10(8)11;1-2/h2-7H,1H3;1-2H3. The predicted molar refractivity (Wildman–Crippen MR) is 59.7 cm³/mol. The van der Waals surface area contributed by atoms with E-state index in [9.17, 15) is 4.79 Å². The molecule has 0 radical (unpaired) electrons. The van der Waals surface area contributed by atoms with Crippen LogP contribution in [0, 0.1) is 0 Å². The Balaban J connectivity index is 0.000000461. The average molecular weight is 189 g/mol. The summed E-state index contributed by atoms with van der Waals surface area (Å²) in [5.74, 6) is 0. The first kappa shape index (κ1) is 10.5. The lowest BCUT2D eigenvalue weighted by molar-refractivity contribution is 0.111. The summed E-state index contributed by atoms with van der Waals surface area (Å²) in [5.41, 5.74) is 1.82. The summed E-state index contributed by atoms with van der Waals surface area (Å²) in [4.78, 5) is 10.6. The van der Waals surface area contributed by atoms with Gasteiger partial charge in [0.1, 0.15) is 0 Å². The minimum absolute atomic E-state index is 0.719. The molecule has 1 aromatic carbocycles. The smallest absolute Gasteiger partial charge is 0.166 e. The van der Waals surface area contributed by atoms with Crippen molar-refractivity contribution in [1.82, 2.24) is 4.57 Å². The van der Waals surface area contributed by atoms with Gasteiger partial charge in [0.25, 0.3) is 0 Å². The Hall–Kier alpha value is -1.57. The maximum Gasteiger partial charge on any atom is 0.166 e. The third-order valence-corrected chi connectivity index (χ3v) is 2.11. The number of hydrogen-bond acceptors (Lipinski definition) is 1. The van der Waals surface area contributed by atoms with Gasteiger partial charge in [-0.15, -0.1) is 0 Å². The summed E-state index contributed by atoms with van der Waals surface area (Å²) in [6.07, 6.45) is 0.875. The molecule has 0 aliphatic rings. The lowest BCUT2D eigenvalue weighted by Gasteiger charge is -1.95. The minimum atomic E-state index is 0.719. The largest absolute Gasteiger partial charge is 0.341 e. The zero-order valence-electron chi connectivity index (χ0n) is 8.82. The van der Waals surface area contributed by atoms with E-state index in [4.69, 9.17) is 0 Å². The monoisotopic (exact) mass is 189 g/mol. The number of para-hydroxylation sites is 1. The molecule has 0 unspecified atom stereocenters. The second kappa shape index (κ2) is 4.61. The molecule has 0 aliphatic heterocycles. The van der Waals surface area contributed by atoms with Crippen LogP contribution in [0.15, 0.2) is 30.3 Å². The highest BCUT2D eigenvalue weighted by Gasteiger charge is 2.01. The van der Waals surface area contributed by atoms with Crippen LogP contribution in [0.3, 0.4) is 0 Å². The van der Waals surface area contributed by atoms with Crippen LogP contribution >= 0.6 is 0 Å². The van der Waals surface area contributed by atoms with Gasteiger partial charge >= 0.3 is 0 Å². The van der Waals surface area contributed by atoms with E-state index in [-0.39, 0.29) is 0 Å². The van der Waals surface area contributed by atoms with Gasteiger partial charge in [-0.05, 0) is 12.1 Å². The molecule has 0 aliphatic carbocycles. The Morgan fingerprint density at radius 1 is 1.21 bits per heavy atom. The molecule has 2 rings (SSSR count). The van der Waals surface area contributed by atoms with Crippen molar-refractivity contribution in [2.75, 3.05) is 0 Å². The van der Waals surface area contributed by atoms with Gasteiger partial charge in [0.2, 0.25) is 0 Å². The molecule has 2 nitrogen and oxygen atoms in total. The van der Waals surface area contributed by atoms with Crippen molar-refractivity contribution in [2.24, 2.45) is 7.05 Å². The topological polar surface area (TPSA) is 22.0 Å². The molecule has 2 heteroatoms. The van der Waals surface area contributed by atoms with Gasteiger partial charge in [0, 0.05) is 18.0 Å². The molecular formula is C12H15NO. The van der Waals surface area contributed by atoms with Crippen molar-refractivity contribution in [3.63, 3.8) is 0 Å². The van der Waals surface area contributed by atoms with Crippen molar-refractivity contribution < 1.29 is 4.79 Å². The quantitative estimate of drug-likeness (QED) is 0.632. The van der Waals surface area contributed by atoms with Crippen molar-refractivity contribution >= 4 is 17.2 Å². The Bertz CT molecular complexity index is 429. The fraction of sp³-hybridized carbons (Fsp3) is 0.250. The maximum atomic E-state index is 10.6. The summed E-state index contributed by atoms with van der Waals surface area (Å²) in [7, 11) is 1.89. The Morgan fingerprint density at radius 2 is 1.86 bits per heavy atom. The molecule has 2 aromatic rings. The van der Waals surface area contributed by atoms with Crippen LogP contribution in [-0.4, -0.2) is 10.9 Å². The fourth-order valence-corrected chi connectivity index (χ4v) is 1.42. The molecule has 74 valence electrons. The van der Waals surface area contributed by atoms with Crippen molar-refractivity contribution in [1.29, 1.82) is 0 Å². The number of carbonyl (C=O) groups excluding carboxylic acids is 1. The number of aldehydes is 1. The molecule has 0 spiro atoms. The van der Waals surface area contributed by atoms with Gasteiger partial charge in [-0.25, -0.2) is 0 Å². The van der Waals surface area contributed by atoms with Crippen LogP contribution in [0.5, 0.6) is 0 Å². The van der Waals surface area contributed by atoms with Gasteiger partial charge in [0.05, 0.1) is 5.69 Å². The molecule has 1 aromatic heterocycles. The van der Waals surface area contributed by atoms with Crippen LogP contribution in [0.2, 0.25) is 0 Å². The number of fused-ring (bicyclic) bond motifs is 1. The normalized spacial score (nSPS) is 9.36. The number of benzene rings is 1. The molecule has 0 saturated carbocycles. The molecule has 0 N–H and O–H groups in total. The van der Waals surface area contributed by atoms with E-state index in [1.54, 1.807) is 0 Å². The minimum Gasteiger partial charge on any atom is -0.341 e. The van der Waals surface area contributed by atoms with E-state index in [1.165, 1.54) is 0 Å². The Kier molecular flexibility index (Phi) is 3.46. The SMILES string of the molecule is CC.Cn1c(C=O)cc2ccccc21. The van der Waals surface area contributed by atoms with Crippen molar-refractivity contribution in [2.45, 2.75) is 13.8 Å². The summed E-state index contributed by atoms with van der Waals surface area (Å²) >= 11 is 0. The second-order valence-corrected chi connectivity index (χ2v) is 2.80. The van der Waals surface area contributed by atoms with E-state index >= 15 is 0 Å². The van der Waals surface area contributed by atoms with E-state index in [2.05, 4.69) is 0 Å². The van der Waals surface area contributed by atoms with Crippen LogP contribution in [0.1, 0.15) is 24.3 Å². The third kappa shape index (κ3) is 1.69. The zero-order chi connectivity index (χ0) is 10.6. The fourth-order valence-electron chi connectivity index (χ4n) is 1.42. The van der Waals surface area contributed by atoms with Gasteiger partial charge in [0.15, 0.2) is 6.29 Å². The van der Waals surface area contributed by atoms with Gasteiger partial charge in [-0.1, -0.05) is 32.0 Å². The van der Waals surface area contributed by atoms with Crippen LogP contribution in [-0.2, 0) is 7.05 Å². The van der Waals surface area contributed by atoms with Crippen LogP contribution < -0.4 is 0 Å². The molecule has 0 fully saturated rings. The number of rotatable bonds is 1. The maximum absolute atomic E-state index is 10.6. The first-order chi connectivity index (χ1) is 6.83. The number of nitrogens with zero attached hydrogens (tertiary/aromatic N) is 1. The molecule has 1 heterocycles. The number of aryl methyl sites for hydroxylation is 1. The Morgan fingerprint density at radius 3 is 2.43 bits per heavy atom. The van der Waals surface area contributed by atoms with E-state index in [0.29, 0.717) is 0 Å². The highest BCUT2D eigenvalue weighted by atomic mass is 16.1. The van der Waals surface area contributed by atoms with E-state index in [1.807, 2.05) is 55.8 Å². The predicted octanol–water partition coefficient (Wildman–Crippen LogP) is 3.02. The number of hydrogen-bond donors (Lipinski definition) is 0. The Labute approximate surface area is 84.2 Å². The lowest BCUT2D eigenvalue weighted by atomic mass is 10.2. The van der Waals surface area contributed by atoms with Gasteiger partial charge in [-0.3, -0.25) is 4.79 Å². The first-order valence-electron chi connectivity index (χ1n) is 4.82. The van der Waals surface area contributed by atoms with Crippen molar-refractivity contribution in [3.8, 4) is 0 Å². The molecule has 14 heavy (non-hydrogen) atoms. The van der Waals surface area contributed by atoms with Crippen molar-refractivity contribution in [3.05, 3.63) is 36.0 Å². The molecule has 0 atom stereocenters. The average Bonchev–Trinajstić information content (AvgIpc) is 2.59. The molecular weight excluding hydrogens is 174 g/mol. The van der Waals surface area contributed by atoms with E-state index < -0.39 is 0 Å². The number of carbonyl (C=O) groups is 1. The molecule has 0 amide bonds. The lowest BCUT2D eigenvalue weighted by Crippen LogP contribution is -1.92. The summed E-state index contributed by atoms with van der Waals surface area (Å²) < 4.78 is 1.89. The van der Waals surface area contributed by atoms with Crippen LogP contribution in [0.25, 0.3) is 10.9 Å². The van der Waals surface area contributed by atoms with Crippen LogP contribution in [0.4, 0.5) is 0 Å². The highest BCUT2D eigenvalue weighted by molar-refractivity contribution is 5.88. The summed E-state index contributed by atoms with van der Waals surface area (Å²) in [6.45, 7) is 4.00. The highest BCUT2D eigenvalue weighted by Crippen LogP contribution is 2.16. The third-order valence-electron chi connectivity index (χ3n) is 2.11. The van der Waals surface area contributed by atoms with E-state index in [0.717, 1.165) is 22.9 Å². The molecule has 0 saturated heterocycles. The zero-order valence-corrected chi connectivity index (χ0v) is 8.82. The number of aromatic nitrogens is 1. The van der Waals surface area contributed by atoms with Gasteiger partial charge in [-0.2, -0.15) is 0 Å². The van der Waals surface area contributed by atoms with Gasteiger partial charge < -0.3 is 4.57 Å². The second-order valence-electron chi connectivity index (χ2n) is 2.80. The summed E-state index contributed by atoms with van der Waals surface area (Å²) in [5, 5.41) is 1.11.